The Hall–Kier alpha value is -0.000000000000000111. The monoisotopic (exact) mass is 265 g/mol. The zero-order valence-electron chi connectivity index (χ0n) is 6.24. The van der Waals surface area contributed by atoms with Gasteiger partial charge in [0.05, 0.1) is 10.2 Å². The number of rotatable bonds is 3. The first-order chi connectivity index (χ1) is 5.61. The van der Waals surface area contributed by atoms with Crippen LogP contribution >= 0.6 is 39.0 Å². The number of hydrogen-bond acceptors (Lipinski definition) is 4. The van der Waals surface area contributed by atoms with Crippen LogP contribution in [0.5, 0.6) is 0 Å². The Morgan fingerprint density at radius 2 is 2.50 bits per heavy atom. The van der Waals surface area contributed by atoms with E-state index in [-0.39, 0.29) is 0 Å². The van der Waals surface area contributed by atoms with Gasteiger partial charge in [-0.25, -0.2) is 0 Å². The van der Waals surface area contributed by atoms with Gasteiger partial charge < -0.3 is 9.90 Å². The van der Waals surface area contributed by atoms with E-state index in [1.54, 1.807) is 6.92 Å². The summed E-state index contributed by atoms with van der Waals surface area (Å²) in [5.41, 5.74) is 0. The second-order valence-electron chi connectivity index (χ2n) is 2.14. The number of carboxylic acids is 1. The Labute approximate surface area is 87.1 Å². The van der Waals surface area contributed by atoms with Gasteiger partial charge in [-0.3, -0.25) is 0 Å². The number of carboxylic acid groups (broad SMARTS) is 1. The lowest BCUT2D eigenvalue weighted by molar-refractivity contribution is -0.304. The molecule has 66 valence electrons. The van der Waals surface area contributed by atoms with Crippen molar-refractivity contribution in [3.63, 3.8) is 0 Å². The minimum Gasteiger partial charge on any atom is -0.549 e. The predicted octanol–water partition coefficient (Wildman–Crippen LogP) is 1.74. The molecule has 0 saturated carbocycles. The SMILES string of the molecule is C[C@H](Sc1sccc1Br)C(=O)[O-]. The molecule has 5 heteroatoms. The summed E-state index contributed by atoms with van der Waals surface area (Å²) in [6.07, 6.45) is 0. The highest BCUT2D eigenvalue weighted by atomic mass is 79.9. The van der Waals surface area contributed by atoms with Crippen LogP contribution in [0, 0.1) is 0 Å². The Morgan fingerprint density at radius 1 is 1.83 bits per heavy atom. The van der Waals surface area contributed by atoms with E-state index < -0.39 is 11.2 Å². The largest absolute Gasteiger partial charge is 0.549 e. The van der Waals surface area contributed by atoms with Crippen LogP contribution in [0.15, 0.2) is 20.1 Å². The van der Waals surface area contributed by atoms with Crippen molar-refractivity contribution in [2.75, 3.05) is 0 Å². The zero-order chi connectivity index (χ0) is 9.14. The molecule has 0 unspecified atom stereocenters. The molecule has 0 fully saturated rings. The molecule has 0 aliphatic rings. The maximum Gasteiger partial charge on any atom is 0.0747 e. The predicted molar refractivity (Wildman–Crippen MR) is 52.3 cm³/mol. The molecule has 0 aliphatic carbocycles. The summed E-state index contributed by atoms with van der Waals surface area (Å²) in [6, 6.07) is 1.90. The topological polar surface area (TPSA) is 40.1 Å². The molecule has 1 rings (SSSR count). The average Bonchev–Trinajstić information content (AvgIpc) is 2.36. The van der Waals surface area contributed by atoms with Crippen LogP contribution in [-0.4, -0.2) is 11.2 Å². The first kappa shape index (κ1) is 10.1. The number of hydrogen-bond donors (Lipinski definition) is 0. The summed E-state index contributed by atoms with van der Waals surface area (Å²) in [5, 5.41) is 11.8. The smallest absolute Gasteiger partial charge is 0.0747 e. The van der Waals surface area contributed by atoms with Crippen LogP contribution in [0.4, 0.5) is 0 Å². The number of halogens is 1. The standard InChI is InChI=1S/C7H7BrO2S2/c1-4(6(9)10)12-7-5(8)2-3-11-7/h2-4H,1H3,(H,9,10)/p-1/t4-/m0/s1. The van der Waals surface area contributed by atoms with Gasteiger partial charge >= 0.3 is 0 Å². The highest BCUT2D eigenvalue weighted by Crippen LogP contribution is 2.34. The summed E-state index contributed by atoms with van der Waals surface area (Å²) in [6.45, 7) is 1.62. The lowest BCUT2D eigenvalue weighted by Gasteiger charge is -2.10. The number of carbonyl (C=O) groups excluding carboxylic acids is 1. The van der Waals surface area contributed by atoms with Crippen molar-refractivity contribution in [3.05, 3.63) is 15.9 Å². The second kappa shape index (κ2) is 4.30. The molecule has 2 nitrogen and oxygen atoms in total. The van der Waals surface area contributed by atoms with Gasteiger partial charge in [0.15, 0.2) is 0 Å². The molecule has 0 aromatic carbocycles. The molecule has 0 aliphatic heterocycles. The van der Waals surface area contributed by atoms with E-state index in [2.05, 4.69) is 15.9 Å². The first-order valence-electron chi connectivity index (χ1n) is 3.21. The lowest BCUT2D eigenvalue weighted by atomic mass is 10.5. The summed E-state index contributed by atoms with van der Waals surface area (Å²) in [7, 11) is 0. The normalized spacial score (nSPS) is 12.8. The Bertz CT molecular complexity index is 285. The zero-order valence-corrected chi connectivity index (χ0v) is 9.46. The van der Waals surface area contributed by atoms with Crippen LogP contribution in [0.25, 0.3) is 0 Å². The lowest BCUT2D eigenvalue weighted by Crippen LogP contribution is -2.31. The molecule has 0 radical (unpaired) electrons. The minimum atomic E-state index is -1.03. The minimum absolute atomic E-state index is 0.500. The average molecular weight is 266 g/mol. The molecule has 0 bridgehead atoms. The van der Waals surface area contributed by atoms with Crippen LogP contribution in [0.3, 0.4) is 0 Å². The van der Waals surface area contributed by atoms with E-state index >= 15 is 0 Å². The fourth-order valence-electron chi connectivity index (χ4n) is 0.573. The summed E-state index contributed by atoms with van der Waals surface area (Å²) in [4.78, 5) is 10.4. The van der Waals surface area contributed by atoms with Gasteiger partial charge in [0, 0.05) is 9.72 Å². The van der Waals surface area contributed by atoms with Gasteiger partial charge in [0.2, 0.25) is 0 Å². The van der Waals surface area contributed by atoms with Crippen LogP contribution < -0.4 is 5.11 Å². The van der Waals surface area contributed by atoms with Gasteiger partial charge in [-0.2, -0.15) is 0 Å². The molecule has 0 saturated heterocycles. The van der Waals surface area contributed by atoms with Crippen LogP contribution in [0.1, 0.15) is 6.92 Å². The molecular formula is C7H6BrO2S2-. The molecule has 1 heterocycles. The molecule has 0 spiro atoms. The third kappa shape index (κ3) is 2.50. The van der Waals surface area contributed by atoms with Gasteiger partial charge in [-0.05, 0) is 34.3 Å². The highest BCUT2D eigenvalue weighted by Gasteiger charge is 2.08. The Balaban J connectivity index is 2.64. The molecular weight excluding hydrogens is 260 g/mol. The van der Waals surface area contributed by atoms with Gasteiger partial charge in [0.25, 0.3) is 0 Å². The quantitative estimate of drug-likeness (QED) is 0.782. The summed E-state index contributed by atoms with van der Waals surface area (Å²) >= 11 is 6.13. The van der Waals surface area contributed by atoms with Crippen molar-refractivity contribution in [2.24, 2.45) is 0 Å². The second-order valence-corrected chi connectivity index (χ2v) is 5.52. The Kier molecular flexibility index (Phi) is 3.61. The maximum absolute atomic E-state index is 10.4. The summed E-state index contributed by atoms with van der Waals surface area (Å²) < 4.78 is 1.93. The van der Waals surface area contributed by atoms with Crippen LogP contribution in [0.2, 0.25) is 0 Å². The highest BCUT2D eigenvalue weighted by molar-refractivity contribution is 9.10. The van der Waals surface area contributed by atoms with Crippen molar-refractivity contribution < 1.29 is 9.90 Å². The van der Waals surface area contributed by atoms with Crippen molar-refractivity contribution in [2.45, 2.75) is 16.4 Å². The first-order valence-corrected chi connectivity index (χ1v) is 5.77. The van der Waals surface area contributed by atoms with E-state index in [9.17, 15) is 9.90 Å². The van der Waals surface area contributed by atoms with Crippen molar-refractivity contribution in [1.29, 1.82) is 0 Å². The molecule has 0 amide bonds. The molecule has 1 atom stereocenters. The fourth-order valence-corrected chi connectivity index (χ4v) is 3.37. The molecule has 0 N–H and O–H groups in total. The number of thioether (sulfide) groups is 1. The molecule has 1 aromatic rings. The van der Waals surface area contributed by atoms with Gasteiger partial charge in [-0.15, -0.1) is 23.1 Å². The number of carbonyl (C=O) groups is 1. The Morgan fingerprint density at radius 3 is 2.92 bits per heavy atom. The molecule has 12 heavy (non-hydrogen) atoms. The van der Waals surface area contributed by atoms with Crippen molar-refractivity contribution in [1.82, 2.24) is 0 Å². The van der Waals surface area contributed by atoms with E-state index in [0.29, 0.717) is 0 Å². The van der Waals surface area contributed by atoms with E-state index in [4.69, 9.17) is 0 Å². The fraction of sp³-hybridized carbons (Fsp3) is 0.286. The van der Waals surface area contributed by atoms with Crippen molar-refractivity contribution in [3.8, 4) is 0 Å². The molecule has 1 aromatic heterocycles. The number of thiophene rings is 1. The van der Waals surface area contributed by atoms with E-state index in [1.165, 1.54) is 23.1 Å². The van der Waals surface area contributed by atoms with E-state index in [0.717, 1.165) is 8.68 Å². The third-order valence-electron chi connectivity index (χ3n) is 1.20. The van der Waals surface area contributed by atoms with E-state index in [1.807, 2.05) is 11.4 Å². The maximum atomic E-state index is 10.4. The van der Waals surface area contributed by atoms with Crippen molar-refractivity contribution >= 4 is 45.0 Å². The van der Waals surface area contributed by atoms with Gasteiger partial charge in [-0.1, -0.05) is 0 Å². The number of aliphatic carboxylic acids is 1. The van der Waals surface area contributed by atoms with Crippen LogP contribution in [-0.2, 0) is 4.79 Å². The summed E-state index contributed by atoms with van der Waals surface area (Å²) in [5.74, 6) is -1.03. The third-order valence-corrected chi connectivity index (χ3v) is 4.65. The van der Waals surface area contributed by atoms with Gasteiger partial charge in [0.1, 0.15) is 0 Å².